The fourth-order valence-electron chi connectivity index (χ4n) is 3.00. The van der Waals surface area contributed by atoms with Gasteiger partial charge in [-0.3, -0.25) is 0 Å². The summed E-state index contributed by atoms with van der Waals surface area (Å²) in [4.78, 5) is 7.55. The number of rotatable bonds is 3. The van der Waals surface area contributed by atoms with Crippen molar-refractivity contribution in [3.63, 3.8) is 0 Å². The van der Waals surface area contributed by atoms with Crippen LogP contribution in [0.2, 0.25) is 0 Å². The van der Waals surface area contributed by atoms with Crippen LogP contribution >= 0.6 is 11.3 Å². The van der Waals surface area contributed by atoms with Crippen molar-refractivity contribution < 1.29 is 0 Å². The molecular formula is C20H16N6S. The molecule has 0 saturated carbocycles. The van der Waals surface area contributed by atoms with Crippen molar-refractivity contribution in [2.24, 2.45) is 0 Å². The molecule has 5 aromatic rings. The lowest BCUT2D eigenvalue weighted by Gasteiger charge is -2.12. The summed E-state index contributed by atoms with van der Waals surface area (Å²) in [5.74, 6) is 0.655. The first-order valence-corrected chi connectivity index (χ1v) is 9.37. The number of para-hydroxylation sites is 1. The number of hydrogen-bond acceptors (Lipinski definition) is 6. The quantitative estimate of drug-likeness (QED) is 0.476. The van der Waals surface area contributed by atoms with Crippen LogP contribution in [0.5, 0.6) is 0 Å². The first-order valence-electron chi connectivity index (χ1n) is 8.55. The van der Waals surface area contributed by atoms with Crippen molar-refractivity contribution in [1.82, 2.24) is 24.8 Å². The molecule has 0 radical (unpaired) electrons. The van der Waals surface area contributed by atoms with Gasteiger partial charge in [-0.15, -0.1) is 10.2 Å². The van der Waals surface area contributed by atoms with Crippen LogP contribution in [-0.2, 0) is 0 Å². The number of fused-ring (bicyclic) bond motifs is 2. The van der Waals surface area contributed by atoms with Crippen LogP contribution in [0.15, 0.2) is 60.7 Å². The van der Waals surface area contributed by atoms with Crippen LogP contribution < -0.4 is 4.90 Å². The summed E-state index contributed by atoms with van der Waals surface area (Å²) in [5, 5.41) is 15.4. The average molecular weight is 372 g/mol. The van der Waals surface area contributed by atoms with E-state index in [2.05, 4.69) is 33.3 Å². The van der Waals surface area contributed by atoms with Gasteiger partial charge in [-0.1, -0.05) is 47.7 Å². The SMILES string of the molecule is CN(C)c1cccc(-c2nn3c(-c4ccc5ccccc5n4)nnc3s2)c1. The summed E-state index contributed by atoms with van der Waals surface area (Å²) in [7, 11) is 4.06. The van der Waals surface area contributed by atoms with Gasteiger partial charge < -0.3 is 4.90 Å². The largest absolute Gasteiger partial charge is 0.378 e. The Balaban J connectivity index is 1.61. The minimum Gasteiger partial charge on any atom is -0.378 e. The van der Waals surface area contributed by atoms with Crippen LogP contribution in [0.4, 0.5) is 5.69 Å². The highest BCUT2D eigenvalue weighted by Crippen LogP contribution is 2.30. The highest BCUT2D eigenvalue weighted by Gasteiger charge is 2.16. The Bertz CT molecular complexity index is 1270. The second kappa shape index (κ2) is 6.14. The molecule has 6 nitrogen and oxygen atoms in total. The normalized spacial score (nSPS) is 11.3. The number of benzene rings is 2. The standard InChI is InChI=1S/C20H16N6S/c1-25(2)15-8-5-7-14(12-15)19-24-26-18(22-23-20(26)27-19)17-11-10-13-6-3-4-9-16(13)21-17/h3-12H,1-2H3. The van der Waals surface area contributed by atoms with Gasteiger partial charge in [0, 0.05) is 30.7 Å². The second-order valence-electron chi connectivity index (χ2n) is 6.46. The van der Waals surface area contributed by atoms with Gasteiger partial charge in [0.15, 0.2) is 0 Å². The molecule has 0 unspecified atom stereocenters. The zero-order chi connectivity index (χ0) is 18.4. The third-order valence-corrected chi connectivity index (χ3v) is 5.38. The monoisotopic (exact) mass is 372 g/mol. The molecule has 0 fully saturated rings. The van der Waals surface area contributed by atoms with Gasteiger partial charge in [-0.25, -0.2) is 4.98 Å². The molecule has 0 aliphatic heterocycles. The fraction of sp³-hybridized carbons (Fsp3) is 0.100. The van der Waals surface area contributed by atoms with Gasteiger partial charge in [0.25, 0.3) is 0 Å². The molecule has 0 saturated heterocycles. The Morgan fingerprint density at radius 1 is 0.926 bits per heavy atom. The van der Waals surface area contributed by atoms with Crippen LogP contribution in [0, 0.1) is 0 Å². The van der Waals surface area contributed by atoms with E-state index in [1.54, 1.807) is 4.52 Å². The number of nitrogens with zero attached hydrogens (tertiary/aromatic N) is 6. The van der Waals surface area contributed by atoms with Crippen LogP contribution in [0.25, 0.3) is 38.0 Å². The van der Waals surface area contributed by atoms with Crippen LogP contribution in [0.3, 0.4) is 0 Å². The maximum atomic E-state index is 4.75. The van der Waals surface area contributed by atoms with Crippen molar-refractivity contribution in [3.05, 3.63) is 60.7 Å². The van der Waals surface area contributed by atoms with Crippen molar-refractivity contribution in [3.8, 4) is 22.1 Å². The summed E-state index contributed by atoms with van der Waals surface area (Å²) in [6.07, 6.45) is 0. The van der Waals surface area contributed by atoms with Gasteiger partial charge in [-0.2, -0.15) is 9.61 Å². The molecule has 2 aromatic carbocycles. The van der Waals surface area contributed by atoms with E-state index in [0.717, 1.165) is 37.8 Å². The molecule has 3 heterocycles. The third kappa shape index (κ3) is 2.72. The van der Waals surface area contributed by atoms with E-state index in [4.69, 9.17) is 10.1 Å². The predicted octanol–water partition coefficient (Wildman–Crippen LogP) is 4.13. The smallest absolute Gasteiger partial charge is 0.235 e. The van der Waals surface area contributed by atoms with E-state index in [-0.39, 0.29) is 0 Å². The molecule has 0 spiro atoms. The van der Waals surface area contributed by atoms with E-state index in [9.17, 15) is 0 Å². The lowest BCUT2D eigenvalue weighted by molar-refractivity contribution is 0.963. The first kappa shape index (κ1) is 15.9. The molecule has 7 heteroatoms. The average Bonchev–Trinajstić information content (AvgIpc) is 3.28. The molecule has 0 amide bonds. The Morgan fingerprint density at radius 3 is 2.70 bits per heavy atom. The summed E-state index contributed by atoms with van der Waals surface area (Å²) < 4.78 is 1.78. The van der Waals surface area contributed by atoms with E-state index in [1.807, 2.05) is 56.6 Å². The number of pyridine rings is 1. The highest BCUT2D eigenvalue weighted by molar-refractivity contribution is 7.19. The Labute approximate surface area is 159 Å². The van der Waals surface area contributed by atoms with Crippen molar-refractivity contribution in [1.29, 1.82) is 0 Å². The molecule has 0 N–H and O–H groups in total. The Morgan fingerprint density at radius 2 is 1.81 bits per heavy atom. The zero-order valence-electron chi connectivity index (χ0n) is 14.9. The summed E-state index contributed by atoms with van der Waals surface area (Å²) in [6, 6.07) is 20.3. The van der Waals surface area contributed by atoms with E-state index < -0.39 is 0 Å². The first-order chi connectivity index (χ1) is 13.2. The molecule has 27 heavy (non-hydrogen) atoms. The maximum absolute atomic E-state index is 4.75. The molecule has 5 rings (SSSR count). The van der Waals surface area contributed by atoms with Crippen LogP contribution in [-0.4, -0.2) is 38.9 Å². The summed E-state index contributed by atoms with van der Waals surface area (Å²) in [6.45, 7) is 0. The Hall–Kier alpha value is -3.32. The fourth-order valence-corrected chi connectivity index (χ4v) is 3.84. The second-order valence-corrected chi connectivity index (χ2v) is 7.42. The van der Waals surface area contributed by atoms with Gasteiger partial charge in [0.2, 0.25) is 10.8 Å². The van der Waals surface area contributed by atoms with Crippen molar-refractivity contribution in [2.75, 3.05) is 19.0 Å². The van der Waals surface area contributed by atoms with E-state index in [0.29, 0.717) is 5.82 Å². The molecule has 0 aliphatic rings. The van der Waals surface area contributed by atoms with Gasteiger partial charge in [0.1, 0.15) is 10.7 Å². The van der Waals surface area contributed by atoms with E-state index >= 15 is 0 Å². The molecule has 3 aromatic heterocycles. The number of aromatic nitrogens is 5. The minimum absolute atomic E-state index is 0.655. The predicted molar refractivity (Wildman–Crippen MR) is 109 cm³/mol. The van der Waals surface area contributed by atoms with Gasteiger partial charge >= 0.3 is 0 Å². The lowest BCUT2D eigenvalue weighted by Crippen LogP contribution is -2.08. The maximum Gasteiger partial charge on any atom is 0.235 e. The number of anilines is 1. The van der Waals surface area contributed by atoms with Gasteiger partial charge in [-0.05, 0) is 24.3 Å². The highest BCUT2D eigenvalue weighted by atomic mass is 32.1. The van der Waals surface area contributed by atoms with Crippen molar-refractivity contribution >= 4 is 32.9 Å². The van der Waals surface area contributed by atoms with Crippen molar-refractivity contribution in [2.45, 2.75) is 0 Å². The molecule has 0 bridgehead atoms. The molecular weight excluding hydrogens is 356 g/mol. The molecule has 0 atom stereocenters. The summed E-state index contributed by atoms with van der Waals surface area (Å²) >= 11 is 1.52. The topological polar surface area (TPSA) is 59.2 Å². The lowest BCUT2D eigenvalue weighted by atomic mass is 10.2. The van der Waals surface area contributed by atoms with Gasteiger partial charge in [0.05, 0.1) is 5.52 Å². The third-order valence-electron chi connectivity index (χ3n) is 4.43. The zero-order valence-corrected chi connectivity index (χ0v) is 15.7. The molecule has 132 valence electrons. The van der Waals surface area contributed by atoms with Crippen LogP contribution in [0.1, 0.15) is 0 Å². The van der Waals surface area contributed by atoms with E-state index in [1.165, 1.54) is 11.3 Å². The molecule has 0 aliphatic carbocycles. The Kier molecular flexibility index (Phi) is 3.61. The minimum atomic E-state index is 0.655. The number of hydrogen-bond donors (Lipinski definition) is 0. The summed E-state index contributed by atoms with van der Waals surface area (Å²) in [5.41, 5.74) is 3.89.